The van der Waals surface area contributed by atoms with E-state index in [1.54, 1.807) is 11.8 Å². The predicted molar refractivity (Wildman–Crippen MR) is 139 cm³/mol. The average molecular weight is 568 g/mol. The van der Waals surface area contributed by atoms with Crippen molar-refractivity contribution in [2.75, 3.05) is 13.1 Å². The fourth-order valence-corrected chi connectivity index (χ4v) is 5.71. The summed E-state index contributed by atoms with van der Waals surface area (Å²) in [5.74, 6) is -0.596. The summed E-state index contributed by atoms with van der Waals surface area (Å²) < 4.78 is 41.2. The molecule has 0 unspecified atom stereocenters. The standard InChI is InChI=1S/C27H26Cl2F3N3O3/c1-13-9-21(27(30,31)32)33-25-18(13)11-20(34(25)4)24(37)22-19(28)6-5-17(23(22)29)26(38)35-8-7-16(10-15(3)36)14(2)12-35/h5-6,9,11,14,16H,7-8,10,12H2,1-4H3/t14-,16-/m0/s1. The molecule has 3 aromatic rings. The number of aromatic nitrogens is 2. The van der Waals surface area contributed by atoms with Crippen molar-refractivity contribution in [2.45, 2.75) is 39.8 Å². The average Bonchev–Trinajstić information content (AvgIpc) is 3.16. The van der Waals surface area contributed by atoms with Crippen LogP contribution in [0.4, 0.5) is 13.2 Å². The van der Waals surface area contributed by atoms with Crippen LogP contribution in [0.25, 0.3) is 11.0 Å². The summed E-state index contributed by atoms with van der Waals surface area (Å²) in [5, 5.41) is 0.263. The Bertz CT molecular complexity index is 1470. The topological polar surface area (TPSA) is 72.3 Å². The van der Waals surface area contributed by atoms with Gasteiger partial charge in [-0.15, -0.1) is 0 Å². The van der Waals surface area contributed by atoms with Crippen molar-refractivity contribution in [1.29, 1.82) is 0 Å². The van der Waals surface area contributed by atoms with E-state index < -0.39 is 17.7 Å². The first-order chi connectivity index (χ1) is 17.7. The van der Waals surface area contributed by atoms with Crippen LogP contribution >= 0.6 is 23.2 Å². The Hall–Kier alpha value is -2.91. The number of Topliss-reactive ketones (excluding diaryl/α,β-unsaturated/α-hetero) is 1. The molecule has 0 bridgehead atoms. The molecule has 0 spiro atoms. The predicted octanol–water partition coefficient (Wildman–Crippen LogP) is 6.52. The Morgan fingerprint density at radius 2 is 1.84 bits per heavy atom. The Kier molecular flexibility index (Phi) is 7.65. The molecular formula is C27H26Cl2F3N3O3. The number of carbonyl (C=O) groups is 3. The molecule has 1 fully saturated rings. The molecule has 202 valence electrons. The molecule has 1 aliphatic heterocycles. The second-order valence-electron chi connectivity index (χ2n) is 9.94. The van der Waals surface area contributed by atoms with Crippen molar-refractivity contribution in [3.05, 3.63) is 62.4 Å². The maximum absolute atomic E-state index is 13.6. The Balaban J connectivity index is 1.69. The summed E-state index contributed by atoms with van der Waals surface area (Å²) in [6, 6.07) is 5.24. The monoisotopic (exact) mass is 567 g/mol. The number of ketones is 2. The second-order valence-corrected chi connectivity index (χ2v) is 10.7. The summed E-state index contributed by atoms with van der Waals surface area (Å²) in [6.07, 6.45) is -3.51. The minimum Gasteiger partial charge on any atom is -0.338 e. The third-order valence-corrected chi connectivity index (χ3v) is 7.90. The highest BCUT2D eigenvalue weighted by Crippen LogP contribution is 2.36. The zero-order valence-corrected chi connectivity index (χ0v) is 22.8. The van der Waals surface area contributed by atoms with Gasteiger partial charge in [-0.2, -0.15) is 13.2 Å². The molecule has 0 radical (unpaired) electrons. The minimum atomic E-state index is -4.65. The summed E-state index contributed by atoms with van der Waals surface area (Å²) in [7, 11) is 1.44. The maximum atomic E-state index is 13.6. The number of alkyl halides is 3. The van der Waals surface area contributed by atoms with Crippen LogP contribution < -0.4 is 0 Å². The van der Waals surface area contributed by atoms with Gasteiger partial charge >= 0.3 is 6.18 Å². The largest absolute Gasteiger partial charge is 0.433 e. The summed E-state index contributed by atoms with van der Waals surface area (Å²) in [6.45, 7) is 5.94. The number of amides is 1. The molecule has 6 nitrogen and oxygen atoms in total. The molecular weight excluding hydrogens is 542 g/mol. The molecule has 2 aromatic heterocycles. The molecule has 0 N–H and O–H groups in total. The highest BCUT2D eigenvalue weighted by molar-refractivity contribution is 6.42. The van der Waals surface area contributed by atoms with Gasteiger partial charge in [-0.1, -0.05) is 30.1 Å². The van der Waals surface area contributed by atoms with Crippen molar-refractivity contribution in [2.24, 2.45) is 18.9 Å². The van der Waals surface area contributed by atoms with Crippen LogP contribution in [0, 0.1) is 18.8 Å². The fourth-order valence-electron chi connectivity index (χ4n) is 5.09. The number of benzene rings is 1. The minimum absolute atomic E-state index is 0.0102. The van der Waals surface area contributed by atoms with Gasteiger partial charge in [-0.3, -0.25) is 9.59 Å². The fraction of sp³-hybridized carbons (Fsp3) is 0.407. The third-order valence-electron chi connectivity index (χ3n) is 7.20. The van der Waals surface area contributed by atoms with E-state index in [0.29, 0.717) is 36.9 Å². The molecule has 1 amide bonds. The number of carbonyl (C=O) groups excluding carboxylic acids is 3. The van der Waals surface area contributed by atoms with E-state index in [1.807, 2.05) is 6.92 Å². The number of pyridine rings is 1. The Labute approximate surface area is 227 Å². The van der Waals surface area contributed by atoms with E-state index in [4.69, 9.17) is 23.2 Å². The molecule has 11 heteroatoms. The number of aryl methyl sites for hydroxylation is 2. The van der Waals surface area contributed by atoms with E-state index in [0.717, 1.165) is 6.07 Å². The van der Waals surface area contributed by atoms with E-state index in [2.05, 4.69) is 4.98 Å². The molecule has 4 rings (SSSR count). The number of piperidine rings is 1. The van der Waals surface area contributed by atoms with E-state index in [9.17, 15) is 27.6 Å². The van der Waals surface area contributed by atoms with Crippen LogP contribution in [0.15, 0.2) is 24.3 Å². The number of nitrogens with zero attached hydrogens (tertiary/aromatic N) is 3. The lowest BCUT2D eigenvalue weighted by atomic mass is 9.83. The first kappa shape index (κ1) is 28.1. The van der Waals surface area contributed by atoms with Crippen LogP contribution in [0.3, 0.4) is 0 Å². The molecule has 0 saturated carbocycles. The third kappa shape index (κ3) is 5.18. The lowest BCUT2D eigenvalue weighted by Gasteiger charge is -2.37. The molecule has 2 atom stereocenters. The van der Waals surface area contributed by atoms with Crippen LogP contribution in [0.2, 0.25) is 10.0 Å². The SMILES string of the molecule is CC(=O)C[C@@H]1CCN(C(=O)c2ccc(Cl)c(C(=O)c3cc4c(C)cc(C(F)(F)F)nc4n3C)c2Cl)C[C@@H]1C. The smallest absolute Gasteiger partial charge is 0.338 e. The Morgan fingerprint density at radius 3 is 2.45 bits per heavy atom. The van der Waals surface area contributed by atoms with Crippen molar-refractivity contribution in [3.8, 4) is 0 Å². The Morgan fingerprint density at radius 1 is 1.16 bits per heavy atom. The normalized spacial score (nSPS) is 18.2. The molecule has 1 saturated heterocycles. The van der Waals surface area contributed by atoms with Crippen molar-refractivity contribution in [3.63, 3.8) is 0 Å². The summed E-state index contributed by atoms with van der Waals surface area (Å²) >= 11 is 13.0. The van der Waals surface area contributed by atoms with Crippen molar-refractivity contribution in [1.82, 2.24) is 14.5 Å². The number of rotatable bonds is 5. The molecule has 1 aromatic carbocycles. The van der Waals surface area contributed by atoms with E-state index in [-0.39, 0.29) is 56.0 Å². The van der Waals surface area contributed by atoms with Crippen LogP contribution in [-0.2, 0) is 18.0 Å². The van der Waals surface area contributed by atoms with Gasteiger partial charge in [0, 0.05) is 31.9 Å². The van der Waals surface area contributed by atoms with Gasteiger partial charge in [0.1, 0.15) is 17.1 Å². The quantitative estimate of drug-likeness (QED) is 0.329. The van der Waals surface area contributed by atoms with Gasteiger partial charge in [0.05, 0.1) is 26.9 Å². The first-order valence-electron chi connectivity index (χ1n) is 12.1. The van der Waals surface area contributed by atoms with Crippen molar-refractivity contribution >= 4 is 51.7 Å². The maximum Gasteiger partial charge on any atom is 0.433 e. The molecule has 0 aliphatic carbocycles. The zero-order valence-electron chi connectivity index (χ0n) is 21.2. The highest BCUT2D eigenvalue weighted by Gasteiger charge is 2.35. The zero-order chi connectivity index (χ0) is 28.1. The molecule has 38 heavy (non-hydrogen) atoms. The van der Waals surface area contributed by atoms with Gasteiger partial charge < -0.3 is 14.3 Å². The number of fused-ring (bicyclic) bond motifs is 1. The highest BCUT2D eigenvalue weighted by atomic mass is 35.5. The summed E-state index contributed by atoms with van der Waals surface area (Å²) in [4.78, 5) is 43.9. The number of hydrogen-bond donors (Lipinski definition) is 0. The van der Waals surface area contributed by atoms with E-state index >= 15 is 0 Å². The lowest BCUT2D eigenvalue weighted by molar-refractivity contribution is -0.141. The first-order valence-corrected chi connectivity index (χ1v) is 12.8. The number of hydrogen-bond acceptors (Lipinski definition) is 4. The van der Waals surface area contributed by atoms with Gasteiger partial charge in [-0.25, -0.2) is 4.98 Å². The van der Waals surface area contributed by atoms with Gasteiger partial charge in [0.2, 0.25) is 5.78 Å². The molecule has 1 aliphatic rings. The summed E-state index contributed by atoms with van der Waals surface area (Å²) in [5.41, 5.74) is -0.750. The van der Waals surface area contributed by atoms with Crippen LogP contribution in [0.5, 0.6) is 0 Å². The van der Waals surface area contributed by atoms with Gasteiger partial charge in [0.25, 0.3) is 5.91 Å². The van der Waals surface area contributed by atoms with Gasteiger partial charge in [-0.05, 0) is 61.9 Å². The lowest BCUT2D eigenvalue weighted by Crippen LogP contribution is -2.43. The number of likely N-dealkylation sites (tertiary alicyclic amines) is 1. The van der Waals surface area contributed by atoms with Crippen LogP contribution in [-0.4, -0.2) is 45.0 Å². The van der Waals surface area contributed by atoms with Crippen LogP contribution in [0.1, 0.15) is 64.4 Å². The molecule has 3 heterocycles. The second kappa shape index (κ2) is 10.3. The van der Waals surface area contributed by atoms with E-state index in [1.165, 1.54) is 36.7 Å². The van der Waals surface area contributed by atoms with Crippen molar-refractivity contribution < 1.29 is 27.6 Å². The number of halogens is 5. The van der Waals surface area contributed by atoms with Gasteiger partial charge in [0.15, 0.2) is 0 Å².